The minimum Gasteiger partial charge on any atom is -0.495 e. The van der Waals surface area contributed by atoms with E-state index in [9.17, 15) is 4.79 Å². The first-order valence-corrected chi connectivity index (χ1v) is 6.99. The zero-order valence-electron chi connectivity index (χ0n) is 12.6. The summed E-state index contributed by atoms with van der Waals surface area (Å²) in [4.78, 5) is 14.3. The summed E-state index contributed by atoms with van der Waals surface area (Å²) in [5, 5.41) is 2.93. The van der Waals surface area contributed by atoms with E-state index < -0.39 is 0 Å². The summed E-state index contributed by atoms with van der Waals surface area (Å²) in [6.07, 6.45) is 1.08. The van der Waals surface area contributed by atoms with Crippen LogP contribution in [0.15, 0.2) is 18.2 Å². The molecule has 1 atom stereocenters. The standard InChI is InChI=1S/C15H23N3O2.ClH/c1-11-3-4-14(20-2)13(7-11)17-15(19)10-18-6-5-12(8-16)9-18;/h3-4,7,12H,5-6,8-10,16H2,1-2H3,(H,17,19);1H. The molecule has 0 saturated carbocycles. The van der Waals surface area contributed by atoms with Gasteiger partial charge >= 0.3 is 0 Å². The lowest BCUT2D eigenvalue weighted by atomic mass is 10.1. The Morgan fingerprint density at radius 3 is 2.90 bits per heavy atom. The van der Waals surface area contributed by atoms with Crippen LogP contribution in [0.25, 0.3) is 0 Å². The van der Waals surface area contributed by atoms with Gasteiger partial charge in [0.2, 0.25) is 5.91 Å². The van der Waals surface area contributed by atoms with Crippen LogP contribution >= 0.6 is 12.4 Å². The van der Waals surface area contributed by atoms with Crippen molar-refractivity contribution in [2.45, 2.75) is 13.3 Å². The monoisotopic (exact) mass is 313 g/mol. The number of benzene rings is 1. The van der Waals surface area contributed by atoms with Gasteiger partial charge in [0.15, 0.2) is 0 Å². The summed E-state index contributed by atoms with van der Waals surface area (Å²) in [6, 6.07) is 5.75. The predicted molar refractivity (Wildman–Crippen MR) is 87.2 cm³/mol. The summed E-state index contributed by atoms with van der Waals surface area (Å²) < 4.78 is 5.26. The molecule has 0 radical (unpaired) electrons. The van der Waals surface area contributed by atoms with E-state index in [1.807, 2.05) is 25.1 Å². The fraction of sp³-hybridized carbons (Fsp3) is 0.533. The number of carbonyl (C=O) groups excluding carboxylic acids is 1. The van der Waals surface area contributed by atoms with E-state index >= 15 is 0 Å². The molecule has 1 aromatic carbocycles. The van der Waals surface area contributed by atoms with Gasteiger partial charge < -0.3 is 15.8 Å². The molecule has 0 bridgehead atoms. The Balaban J connectivity index is 0.00000220. The Kier molecular flexibility index (Phi) is 6.95. The van der Waals surface area contributed by atoms with Gasteiger partial charge in [-0.3, -0.25) is 9.69 Å². The van der Waals surface area contributed by atoms with Gasteiger partial charge in [-0.05, 0) is 50.0 Å². The van der Waals surface area contributed by atoms with Crippen LogP contribution < -0.4 is 15.8 Å². The summed E-state index contributed by atoms with van der Waals surface area (Å²) >= 11 is 0. The fourth-order valence-electron chi connectivity index (χ4n) is 2.56. The number of likely N-dealkylation sites (tertiary alicyclic amines) is 1. The number of anilines is 1. The number of nitrogens with two attached hydrogens (primary N) is 1. The first-order valence-electron chi connectivity index (χ1n) is 6.99. The summed E-state index contributed by atoms with van der Waals surface area (Å²) in [7, 11) is 1.60. The zero-order valence-corrected chi connectivity index (χ0v) is 13.4. The Hall–Kier alpha value is -1.30. The Morgan fingerprint density at radius 1 is 1.52 bits per heavy atom. The van der Waals surface area contributed by atoms with Crippen molar-refractivity contribution in [2.75, 3.05) is 38.6 Å². The number of nitrogens with zero attached hydrogens (tertiary/aromatic N) is 1. The third kappa shape index (κ3) is 4.88. The highest BCUT2D eigenvalue weighted by atomic mass is 35.5. The van der Waals surface area contributed by atoms with E-state index in [4.69, 9.17) is 10.5 Å². The van der Waals surface area contributed by atoms with Crippen molar-refractivity contribution in [2.24, 2.45) is 11.7 Å². The topological polar surface area (TPSA) is 67.6 Å². The lowest BCUT2D eigenvalue weighted by molar-refractivity contribution is -0.117. The number of methoxy groups -OCH3 is 1. The maximum absolute atomic E-state index is 12.1. The van der Waals surface area contributed by atoms with Gasteiger partial charge in [0, 0.05) is 6.54 Å². The van der Waals surface area contributed by atoms with Crippen LogP contribution in [0.5, 0.6) is 5.75 Å². The van der Waals surface area contributed by atoms with Crippen LogP contribution in [-0.4, -0.2) is 44.1 Å². The van der Waals surface area contributed by atoms with Crippen LogP contribution in [0.3, 0.4) is 0 Å². The summed E-state index contributed by atoms with van der Waals surface area (Å²) in [5.41, 5.74) is 7.48. The molecule has 21 heavy (non-hydrogen) atoms. The second kappa shape index (κ2) is 8.22. The van der Waals surface area contributed by atoms with Crippen molar-refractivity contribution in [3.8, 4) is 5.75 Å². The first kappa shape index (κ1) is 17.8. The average molecular weight is 314 g/mol. The number of halogens is 1. The number of amides is 1. The molecule has 1 aliphatic rings. The van der Waals surface area contributed by atoms with Gasteiger partial charge in [0.05, 0.1) is 19.3 Å². The van der Waals surface area contributed by atoms with Crippen LogP contribution in [0.1, 0.15) is 12.0 Å². The maximum atomic E-state index is 12.1. The third-order valence-corrected chi connectivity index (χ3v) is 3.70. The molecular weight excluding hydrogens is 290 g/mol. The average Bonchev–Trinajstić information content (AvgIpc) is 2.86. The minimum atomic E-state index is -0.00780. The minimum absolute atomic E-state index is 0. The number of nitrogens with one attached hydrogen (secondary N) is 1. The van der Waals surface area contributed by atoms with Crippen LogP contribution in [-0.2, 0) is 4.79 Å². The number of hydrogen-bond acceptors (Lipinski definition) is 4. The largest absolute Gasteiger partial charge is 0.495 e. The molecule has 0 spiro atoms. The third-order valence-electron chi connectivity index (χ3n) is 3.70. The lowest BCUT2D eigenvalue weighted by Gasteiger charge is -2.16. The molecule has 3 N–H and O–H groups in total. The molecule has 0 aromatic heterocycles. The number of hydrogen-bond donors (Lipinski definition) is 2. The van der Waals surface area contributed by atoms with E-state index in [-0.39, 0.29) is 18.3 Å². The highest BCUT2D eigenvalue weighted by Gasteiger charge is 2.23. The van der Waals surface area contributed by atoms with Crippen LogP contribution in [0.2, 0.25) is 0 Å². The summed E-state index contributed by atoms with van der Waals surface area (Å²) in [5.74, 6) is 1.20. The van der Waals surface area contributed by atoms with Gasteiger partial charge in [-0.2, -0.15) is 0 Å². The number of carbonyl (C=O) groups is 1. The molecule has 1 amide bonds. The van der Waals surface area contributed by atoms with Crippen LogP contribution in [0, 0.1) is 12.8 Å². The van der Waals surface area contributed by atoms with Crippen molar-refractivity contribution in [1.29, 1.82) is 0 Å². The quantitative estimate of drug-likeness (QED) is 0.867. The second-order valence-electron chi connectivity index (χ2n) is 5.38. The SMILES string of the molecule is COc1ccc(C)cc1NC(=O)CN1CCC(CN)C1.Cl. The van der Waals surface area contributed by atoms with Crippen LogP contribution in [0.4, 0.5) is 5.69 Å². The number of rotatable bonds is 5. The molecule has 1 heterocycles. The van der Waals surface area contributed by atoms with Crippen molar-refractivity contribution in [1.82, 2.24) is 4.90 Å². The molecule has 0 aliphatic carbocycles. The highest BCUT2D eigenvalue weighted by molar-refractivity contribution is 5.93. The normalized spacial score (nSPS) is 18.1. The Morgan fingerprint density at radius 2 is 2.29 bits per heavy atom. The molecule has 118 valence electrons. The molecule has 1 fully saturated rings. The van der Waals surface area contributed by atoms with E-state index in [2.05, 4.69) is 10.2 Å². The van der Waals surface area contributed by atoms with Crippen molar-refractivity contribution in [3.63, 3.8) is 0 Å². The fourth-order valence-corrected chi connectivity index (χ4v) is 2.56. The molecule has 1 unspecified atom stereocenters. The summed E-state index contributed by atoms with van der Waals surface area (Å²) in [6.45, 7) is 4.95. The first-order chi connectivity index (χ1) is 9.62. The molecular formula is C15H24ClN3O2. The number of aryl methyl sites for hydroxylation is 1. The van der Waals surface area contributed by atoms with Gasteiger partial charge in [0.25, 0.3) is 0 Å². The Labute approximate surface area is 132 Å². The van der Waals surface area contributed by atoms with E-state index in [1.54, 1.807) is 7.11 Å². The zero-order chi connectivity index (χ0) is 14.5. The van der Waals surface area contributed by atoms with E-state index in [1.165, 1.54) is 0 Å². The number of ether oxygens (including phenoxy) is 1. The van der Waals surface area contributed by atoms with Crippen molar-refractivity contribution >= 4 is 24.0 Å². The van der Waals surface area contributed by atoms with Gasteiger partial charge in [0.1, 0.15) is 5.75 Å². The smallest absolute Gasteiger partial charge is 0.238 e. The van der Waals surface area contributed by atoms with Gasteiger partial charge in [-0.25, -0.2) is 0 Å². The highest BCUT2D eigenvalue weighted by Crippen LogP contribution is 2.25. The molecule has 6 heteroatoms. The van der Waals surface area contributed by atoms with Gasteiger partial charge in [-0.15, -0.1) is 12.4 Å². The molecule has 1 aromatic rings. The molecule has 2 rings (SSSR count). The molecule has 1 aliphatic heterocycles. The van der Waals surface area contributed by atoms with Crippen molar-refractivity contribution < 1.29 is 9.53 Å². The molecule has 5 nitrogen and oxygen atoms in total. The second-order valence-corrected chi connectivity index (χ2v) is 5.38. The van der Waals surface area contributed by atoms with Crippen molar-refractivity contribution in [3.05, 3.63) is 23.8 Å². The van der Waals surface area contributed by atoms with Gasteiger partial charge in [-0.1, -0.05) is 6.07 Å². The van der Waals surface area contributed by atoms with E-state index in [0.717, 1.165) is 30.8 Å². The predicted octanol–water partition coefficient (Wildman–Crippen LogP) is 1.64. The maximum Gasteiger partial charge on any atom is 0.238 e. The Bertz CT molecular complexity index is 482. The van der Waals surface area contributed by atoms with E-state index in [0.29, 0.717) is 24.8 Å². The lowest BCUT2D eigenvalue weighted by Crippen LogP contribution is -2.32. The molecule has 1 saturated heterocycles.